The fourth-order valence-corrected chi connectivity index (χ4v) is 3.78. The minimum absolute atomic E-state index is 0.0564. The van der Waals surface area contributed by atoms with Crippen molar-refractivity contribution in [3.8, 4) is 11.8 Å². The maximum Gasteiger partial charge on any atom is 0.265 e. The lowest BCUT2D eigenvalue weighted by Gasteiger charge is -2.20. The number of hydrogen-bond donors (Lipinski definition) is 2. The van der Waals surface area contributed by atoms with Crippen LogP contribution in [0.2, 0.25) is 0 Å². The van der Waals surface area contributed by atoms with Gasteiger partial charge in [0.05, 0.1) is 16.5 Å². The molecule has 0 unspecified atom stereocenters. The first-order valence-electron chi connectivity index (χ1n) is 8.62. The van der Waals surface area contributed by atoms with Crippen LogP contribution >= 0.6 is 0 Å². The van der Waals surface area contributed by atoms with E-state index in [9.17, 15) is 13.2 Å². The fourth-order valence-electron chi connectivity index (χ4n) is 2.31. The van der Waals surface area contributed by atoms with Crippen LogP contribution in [-0.2, 0) is 14.8 Å². The number of ether oxygens (including phenoxy) is 1. The molecule has 0 aliphatic heterocycles. The second-order valence-electron chi connectivity index (χ2n) is 7.27. The number of hydrogen-bond acceptors (Lipinski definition) is 5. The molecule has 1 amide bonds. The van der Waals surface area contributed by atoms with Gasteiger partial charge in [-0.15, -0.1) is 0 Å². The van der Waals surface area contributed by atoms with Gasteiger partial charge >= 0.3 is 0 Å². The summed E-state index contributed by atoms with van der Waals surface area (Å²) in [5.74, 6) is 0.0232. The maximum atomic E-state index is 12.4. The first-order valence-corrected chi connectivity index (χ1v) is 10.1. The molecule has 2 aromatic rings. The van der Waals surface area contributed by atoms with E-state index in [-0.39, 0.29) is 4.90 Å². The standard InChI is InChI=1S/C20H23N3O4S/c1-14(27-17-10-8-15(13-21)9-11-17)19(24)22-16-6-5-7-18(12-16)28(25,26)23-20(2,3)4/h5-12,14,23H,1-4H3,(H,22,24)/t14-/m0/s1. The maximum absolute atomic E-state index is 12.4. The van der Waals surface area contributed by atoms with Gasteiger partial charge in [-0.2, -0.15) is 5.26 Å². The van der Waals surface area contributed by atoms with Crippen molar-refractivity contribution in [1.82, 2.24) is 4.72 Å². The Hall–Kier alpha value is -2.89. The Morgan fingerprint density at radius 2 is 1.79 bits per heavy atom. The van der Waals surface area contributed by atoms with Crippen LogP contribution < -0.4 is 14.8 Å². The van der Waals surface area contributed by atoms with E-state index in [0.29, 0.717) is 17.0 Å². The lowest BCUT2D eigenvalue weighted by molar-refractivity contribution is -0.122. The number of amides is 1. The van der Waals surface area contributed by atoms with E-state index in [2.05, 4.69) is 10.0 Å². The van der Waals surface area contributed by atoms with E-state index >= 15 is 0 Å². The Bertz CT molecular complexity index is 987. The van der Waals surface area contributed by atoms with Gasteiger partial charge in [0.1, 0.15) is 5.75 Å². The normalized spacial score (nSPS) is 12.7. The number of nitrogens with one attached hydrogen (secondary N) is 2. The summed E-state index contributed by atoms with van der Waals surface area (Å²) in [5.41, 5.74) is 0.213. The van der Waals surface area contributed by atoms with Crippen molar-refractivity contribution in [3.63, 3.8) is 0 Å². The lowest BCUT2D eigenvalue weighted by Crippen LogP contribution is -2.40. The van der Waals surface area contributed by atoms with Crippen LogP contribution in [0.4, 0.5) is 5.69 Å². The predicted octanol–water partition coefficient (Wildman–Crippen LogP) is 3.04. The Morgan fingerprint density at radius 3 is 2.36 bits per heavy atom. The van der Waals surface area contributed by atoms with Crippen LogP contribution in [0.15, 0.2) is 53.4 Å². The number of nitriles is 1. The summed E-state index contributed by atoms with van der Waals surface area (Å²) in [5, 5.41) is 11.5. The second kappa shape index (κ2) is 8.42. The molecule has 0 aliphatic rings. The van der Waals surface area contributed by atoms with Crippen LogP contribution in [0.25, 0.3) is 0 Å². The van der Waals surface area contributed by atoms with Crippen molar-refractivity contribution in [2.75, 3.05) is 5.32 Å². The molecular weight excluding hydrogens is 378 g/mol. The van der Waals surface area contributed by atoms with E-state index in [1.807, 2.05) is 6.07 Å². The Morgan fingerprint density at radius 1 is 1.14 bits per heavy atom. The molecule has 2 aromatic carbocycles. The highest BCUT2D eigenvalue weighted by molar-refractivity contribution is 7.89. The van der Waals surface area contributed by atoms with Gasteiger partial charge in [-0.05, 0) is 70.2 Å². The van der Waals surface area contributed by atoms with Gasteiger partial charge in [0.2, 0.25) is 10.0 Å². The van der Waals surface area contributed by atoms with E-state index in [1.54, 1.807) is 64.1 Å². The Balaban J connectivity index is 2.08. The molecule has 148 valence electrons. The van der Waals surface area contributed by atoms with E-state index in [4.69, 9.17) is 10.00 Å². The summed E-state index contributed by atoms with van der Waals surface area (Å²) in [4.78, 5) is 12.4. The summed E-state index contributed by atoms with van der Waals surface area (Å²) in [7, 11) is -3.71. The highest BCUT2D eigenvalue weighted by Gasteiger charge is 2.22. The monoisotopic (exact) mass is 401 g/mol. The van der Waals surface area contributed by atoms with Gasteiger partial charge in [-0.3, -0.25) is 4.79 Å². The minimum atomic E-state index is -3.71. The van der Waals surface area contributed by atoms with Gasteiger partial charge in [0, 0.05) is 11.2 Å². The van der Waals surface area contributed by atoms with Crippen LogP contribution in [0.3, 0.4) is 0 Å². The lowest BCUT2D eigenvalue weighted by atomic mass is 10.1. The van der Waals surface area contributed by atoms with Gasteiger partial charge in [-0.1, -0.05) is 6.07 Å². The molecule has 0 heterocycles. The molecule has 0 saturated carbocycles. The molecule has 0 aromatic heterocycles. The first-order chi connectivity index (χ1) is 13.0. The molecule has 7 nitrogen and oxygen atoms in total. The molecule has 0 saturated heterocycles. The third kappa shape index (κ3) is 6.08. The number of carbonyl (C=O) groups excluding carboxylic acids is 1. The van der Waals surface area contributed by atoms with Crippen molar-refractivity contribution in [1.29, 1.82) is 5.26 Å². The van der Waals surface area contributed by atoms with E-state index < -0.39 is 27.6 Å². The first kappa shape index (κ1) is 21.4. The van der Waals surface area contributed by atoms with E-state index in [0.717, 1.165) is 0 Å². The van der Waals surface area contributed by atoms with Crippen LogP contribution in [0, 0.1) is 11.3 Å². The zero-order valence-electron chi connectivity index (χ0n) is 16.2. The molecular formula is C20H23N3O4S. The van der Waals surface area contributed by atoms with Crippen LogP contribution in [-0.4, -0.2) is 26.0 Å². The Kier molecular flexibility index (Phi) is 6.44. The Labute approximate surface area is 165 Å². The van der Waals surface area contributed by atoms with Crippen molar-refractivity contribution >= 4 is 21.6 Å². The number of sulfonamides is 1. The summed E-state index contributed by atoms with van der Waals surface area (Å²) in [6, 6.07) is 14.4. The molecule has 0 radical (unpaired) electrons. The van der Waals surface area contributed by atoms with Crippen LogP contribution in [0.5, 0.6) is 5.75 Å². The molecule has 2 rings (SSSR count). The molecule has 2 N–H and O–H groups in total. The predicted molar refractivity (Wildman–Crippen MR) is 106 cm³/mol. The molecule has 1 atom stereocenters. The quantitative estimate of drug-likeness (QED) is 0.773. The fraction of sp³-hybridized carbons (Fsp3) is 0.300. The van der Waals surface area contributed by atoms with Crippen LogP contribution in [0.1, 0.15) is 33.3 Å². The van der Waals surface area contributed by atoms with Gasteiger partial charge in [-0.25, -0.2) is 13.1 Å². The van der Waals surface area contributed by atoms with E-state index in [1.165, 1.54) is 12.1 Å². The topological polar surface area (TPSA) is 108 Å². The average Bonchev–Trinajstić information content (AvgIpc) is 2.60. The SMILES string of the molecule is C[C@H](Oc1ccc(C#N)cc1)C(=O)Nc1cccc(S(=O)(=O)NC(C)(C)C)c1. The highest BCUT2D eigenvalue weighted by Crippen LogP contribution is 2.19. The summed E-state index contributed by atoms with van der Waals surface area (Å²) in [6.45, 7) is 6.82. The number of rotatable bonds is 6. The second-order valence-corrected chi connectivity index (χ2v) is 8.95. The van der Waals surface area contributed by atoms with Gasteiger partial charge in [0.15, 0.2) is 6.10 Å². The molecule has 0 bridgehead atoms. The summed E-state index contributed by atoms with van der Waals surface area (Å²) < 4.78 is 33.0. The van der Waals surface area contributed by atoms with Crippen molar-refractivity contribution < 1.29 is 17.9 Å². The molecule has 28 heavy (non-hydrogen) atoms. The molecule has 8 heteroatoms. The van der Waals surface area contributed by atoms with Gasteiger partial charge < -0.3 is 10.1 Å². The zero-order valence-corrected chi connectivity index (χ0v) is 17.0. The minimum Gasteiger partial charge on any atom is -0.481 e. The number of benzene rings is 2. The van der Waals surface area contributed by atoms with Crippen molar-refractivity contribution in [2.24, 2.45) is 0 Å². The zero-order chi connectivity index (χ0) is 20.9. The van der Waals surface area contributed by atoms with Crippen molar-refractivity contribution in [2.45, 2.75) is 44.2 Å². The molecule has 0 aliphatic carbocycles. The number of nitrogens with zero attached hydrogens (tertiary/aromatic N) is 1. The summed E-state index contributed by atoms with van der Waals surface area (Å²) >= 11 is 0. The molecule has 0 spiro atoms. The third-order valence-electron chi connectivity index (χ3n) is 3.52. The molecule has 0 fully saturated rings. The summed E-state index contributed by atoms with van der Waals surface area (Å²) in [6.07, 6.45) is -0.819. The average molecular weight is 401 g/mol. The van der Waals surface area contributed by atoms with Gasteiger partial charge in [0.25, 0.3) is 5.91 Å². The third-order valence-corrected chi connectivity index (χ3v) is 5.27. The van der Waals surface area contributed by atoms with Crippen molar-refractivity contribution in [3.05, 3.63) is 54.1 Å². The smallest absolute Gasteiger partial charge is 0.265 e. The largest absolute Gasteiger partial charge is 0.481 e. The number of carbonyl (C=O) groups is 1. The number of anilines is 1. The highest BCUT2D eigenvalue weighted by atomic mass is 32.2.